The molecular formula is C18H22N2O4. The van der Waals surface area contributed by atoms with E-state index in [2.05, 4.69) is 10.6 Å². The van der Waals surface area contributed by atoms with Crippen LogP contribution in [0.3, 0.4) is 0 Å². The predicted molar refractivity (Wildman–Crippen MR) is 89.4 cm³/mol. The number of anilines is 2. The van der Waals surface area contributed by atoms with Gasteiger partial charge in [0.15, 0.2) is 0 Å². The average Bonchev–Trinajstić information content (AvgIpc) is 2.56. The Morgan fingerprint density at radius 1 is 0.875 bits per heavy atom. The summed E-state index contributed by atoms with van der Waals surface area (Å²) in [6.07, 6.45) is 3.70. The molecule has 1 aromatic carbocycles. The molecular weight excluding hydrogens is 308 g/mol. The summed E-state index contributed by atoms with van der Waals surface area (Å²) in [7, 11) is 0. The first kappa shape index (κ1) is 16.5. The first-order valence-electron chi connectivity index (χ1n) is 8.37. The minimum absolute atomic E-state index is 0.116. The normalized spacial score (nSPS) is 28.2. The van der Waals surface area contributed by atoms with Gasteiger partial charge in [0.1, 0.15) is 0 Å². The molecule has 128 valence electrons. The third-order valence-electron chi connectivity index (χ3n) is 5.28. The van der Waals surface area contributed by atoms with Crippen LogP contribution in [0.15, 0.2) is 24.3 Å². The molecule has 2 atom stereocenters. The maximum Gasteiger partial charge on any atom is 0.307 e. The van der Waals surface area contributed by atoms with Crippen molar-refractivity contribution in [2.24, 2.45) is 23.7 Å². The molecule has 3 saturated carbocycles. The highest BCUT2D eigenvalue weighted by molar-refractivity contribution is 5.96. The number of carbonyl (C=O) groups excluding carboxylic acids is 2. The van der Waals surface area contributed by atoms with Crippen LogP contribution >= 0.6 is 0 Å². The van der Waals surface area contributed by atoms with E-state index in [0.29, 0.717) is 11.4 Å². The van der Waals surface area contributed by atoms with Crippen molar-refractivity contribution in [2.45, 2.75) is 32.6 Å². The fourth-order valence-corrected chi connectivity index (χ4v) is 4.25. The highest BCUT2D eigenvalue weighted by atomic mass is 16.4. The smallest absolute Gasteiger partial charge is 0.307 e. The van der Waals surface area contributed by atoms with Gasteiger partial charge in [-0.1, -0.05) is 0 Å². The first-order valence-corrected chi connectivity index (χ1v) is 8.37. The highest BCUT2D eigenvalue weighted by Crippen LogP contribution is 2.49. The molecule has 3 N–H and O–H groups in total. The van der Waals surface area contributed by atoms with Gasteiger partial charge in [0.2, 0.25) is 11.8 Å². The minimum atomic E-state index is -0.856. The van der Waals surface area contributed by atoms with E-state index in [1.165, 1.54) is 6.92 Å². The minimum Gasteiger partial charge on any atom is -0.481 e. The van der Waals surface area contributed by atoms with Crippen LogP contribution in [0.2, 0.25) is 0 Å². The van der Waals surface area contributed by atoms with E-state index >= 15 is 0 Å². The Kier molecular flexibility index (Phi) is 4.55. The van der Waals surface area contributed by atoms with Crippen molar-refractivity contribution >= 4 is 29.2 Å². The Hall–Kier alpha value is -2.37. The summed E-state index contributed by atoms with van der Waals surface area (Å²) in [5, 5.41) is 15.1. The van der Waals surface area contributed by atoms with E-state index in [1.54, 1.807) is 24.3 Å². The van der Waals surface area contributed by atoms with Crippen LogP contribution in [0.5, 0.6) is 0 Å². The lowest BCUT2D eigenvalue weighted by atomic mass is 9.58. The van der Waals surface area contributed by atoms with Crippen LogP contribution in [0, 0.1) is 23.7 Å². The fraction of sp³-hybridized carbons (Fsp3) is 0.500. The van der Waals surface area contributed by atoms with Gasteiger partial charge < -0.3 is 15.7 Å². The van der Waals surface area contributed by atoms with Crippen molar-refractivity contribution in [1.29, 1.82) is 0 Å². The second-order valence-corrected chi connectivity index (χ2v) is 6.81. The van der Waals surface area contributed by atoms with Crippen molar-refractivity contribution < 1.29 is 19.5 Å². The third-order valence-corrected chi connectivity index (χ3v) is 5.28. The number of carboxylic acid groups (broad SMARTS) is 1. The Morgan fingerprint density at radius 3 is 1.79 bits per heavy atom. The maximum atomic E-state index is 12.7. The third kappa shape index (κ3) is 3.27. The zero-order valence-corrected chi connectivity index (χ0v) is 13.6. The topological polar surface area (TPSA) is 95.5 Å². The maximum absolute atomic E-state index is 12.7. The Balaban J connectivity index is 1.71. The van der Waals surface area contributed by atoms with Crippen molar-refractivity contribution in [3.05, 3.63) is 24.3 Å². The lowest BCUT2D eigenvalue weighted by Crippen LogP contribution is -2.49. The van der Waals surface area contributed by atoms with E-state index in [1.807, 2.05) is 0 Å². The van der Waals surface area contributed by atoms with Crippen LogP contribution in [0.25, 0.3) is 0 Å². The number of aliphatic carboxylic acids is 1. The molecule has 0 heterocycles. The van der Waals surface area contributed by atoms with Gasteiger partial charge in [-0.05, 0) is 61.8 Å². The van der Waals surface area contributed by atoms with Crippen LogP contribution in [-0.4, -0.2) is 22.9 Å². The number of fused-ring (bicyclic) bond motifs is 3. The van der Waals surface area contributed by atoms with Gasteiger partial charge in [-0.25, -0.2) is 0 Å². The van der Waals surface area contributed by atoms with Gasteiger partial charge >= 0.3 is 5.97 Å². The van der Waals surface area contributed by atoms with Gasteiger partial charge in [-0.15, -0.1) is 0 Å². The van der Waals surface area contributed by atoms with Crippen LogP contribution in [0.4, 0.5) is 11.4 Å². The molecule has 0 aliphatic heterocycles. The summed E-state index contributed by atoms with van der Waals surface area (Å²) < 4.78 is 0. The van der Waals surface area contributed by atoms with Gasteiger partial charge in [0, 0.05) is 18.3 Å². The molecule has 0 spiro atoms. The molecule has 6 nitrogen and oxygen atoms in total. The van der Waals surface area contributed by atoms with Crippen LogP contribution in [-0.2, 0) is 14.4 Å². The predicted octanol–water partition coefficient (Wildman–Crippen LogP) is 2.72. The van der Waals surface area contributed by atoms with E-state index in [0.717, 1.165) is 25.7 Å². The fourth-order valence-electron chi connectivity index (χ4n) is 4.25. The second kappa shape index (κ2) is 6.63. The summed E-state index contributed by atoms with van der Waals surface area (Å²) in [6, 6.07) is 6.83. The van der Waals surface area contributed by atoms with Crippen molar-refractivity contribution in [2.75, 3.05) is 10.6 Å². The quantitative estimate of drug-likeness (QED) is 0.791. The summed E-state index contributed by atoms with van der Waals surface area (Å²) in [4.78, 5) is 35.3. The lowest BCUT2D eigenvalue weighted by molar-refractivity contribution is -0.156. The Bertz CT molecular complexity index is 647. The molecule has 24 heavy (non-hydrogen) atoms. The molecule has 0 aromatic heterocycles. The Labute approximate surface area is 140 Å². The molecule has 3 aliphatic rings. The molecule has 1 aromatic rings. The number of amides is 2. The number of rotatable bonds is 4. The SMILES string of the molecule is CC(=O)Nc1ccc(NC(=O)[C@@H]2C3CCC(CC3)[C@H]2C(=O)O)cc1. The monoisotopic (exact) mass is 330 g/mol. The van der Waals surface area contributed by atoms with Gasteiger partial charge in [-0.3, -0.25) is 14.4 Å². The van der Waals surface area contributed by atoms with Crippen molar-refractivity contribution in [3.63, 3.8) is 0 Å². The Morgan fingerprint density at radius 2 is 1.33 bits per heavy atom. The zero-order valence-electron chi connectivity index (χ0n) is 13.6. The number of carbonyl (C=O) groups is 3. The molecule has 0 radical (unpaired) electrons. The van der Waals surface area contributed by atoms with Gasteiger partial charge in [-0.2, -0.15) is 0 Å². The summed E-state index contributed by atoms with van der Waals surface area (Å²) in [5.41, 5.74) is 1.26. The van der Waals surface area contributed by atoms with Crippen LogP contribution in [0.1, 0.15) is 32.6 Å². The molecule has 2 amide bonds. The first-order chi connectivity index (χ1) is 11.5. The molecule has 0 saturated heterocycles. The molecule has 3 aliphatic carbocycles. The van der Waals surface area contributed by atoms with E-state index in [9.17, 15) is 19.5 Å². The molecule has 6 heteroatoms. The number of hydrogen-bond donors (Lipinski definition) is 3. The van der Waals surface area contributed by atoms with E-state index in [-0.39, 0.29) is 23.7 Å². The second-order valence-electron chi connectivity index (χ2n) is 6.81. The van der Waals surface area contributed by atoms with E-state index in [4.69, 9.17) is 0 Å². The highest BCUT2D eigenvalue weighted by Gasteiger charge is 2.50. The van der Waals surface area contributed by atoms with Gasteiger partial charge in [0.05, 0.1) is 11.8 Å². The molecule has 4 rings (SSSR count). The molecule has 2 bridgehead atoms. The number of nitrogens with one attached hydrogen (secondary N) is 2. The lowest BCUT2D eigenvalue weighted by Gasteiger charge is -2.45. The van der Waals surface area contributed by atoms with Crippen LogP contribution < -0.4 is 10.6 Å². The zero-order chi connectivity index (χ0) is 17.3. The molecule has 3 fully saturated rings. The summed E-state index contributed by atoms with van der Waals surface area (Å²) in [6.45, 7) is 1.43. The average molecular weight is 330 g/mol. The van der Waals surface area contributed by atoms with Crippen molar-refractivity contribution in [1.82, 2.24) is 0 Å². The summed E-state index contributed by atoms with van der Waals surface area (Å²) >= 11 is 0. The number of hydrogen-bond acceptors (Lipinski definition) is 3. The van der Waals surface area contributed by atoms with E-state index < -0.39 is 17.8 Å². The molecule has 0 unspecified atom stereocenters. The standard InChI is InChI=1S/C18H22N2O4/c1-10(21)19-13-6-8-14(9-7-13)20-17(22)15-11-2-4-12(5-3-11)16(15)18(23)24/h6-9,11-12,15-16H,2-5H2,1H3,(H,19,21)(H,20,22)(H,23,24)/t11?,12?,15-,16-/m1/s1. The number of carboxylic acids is 1. The number of benzene rings is 1. The van der Waals surface area contributed by atoms with Gasteiger partial charge in [0.25, 0.3) is 0 Å². The summed E-state index contributed by atoms with van der Waals surface area (Å²) in [5.74, 6) is -1.97. The van der Waals surface area contributed by atoms with Crippen molar-refractivity contribution in [3.8, 4) is 0 Å². The largest absolute Gasteiger partial charge is 0.481 e.